The number of methoxy groups -OCH3 is 1. The molecule has 1 aliphatic rings. The smallest absolute Gasteiger partial charge is 0.110 e. The number of nitrogens with two attached hydrogens (primary N) is 1. The van der Waals surface area contributed by atoms with Gasteiger partial charge in [-0.15, -0.1) is 0 Å². The Morgan fingerprint density at radius 2 is 2.22 bits per heavy atom. The zero-order valence-electron chi connectivity index (χ0n) is 11.4. The van der Waals surface area contributed by atoms with Gasteiger partial charge in [0.15, 0.2) is 0 Å². The second-order valence-electron chi connectivity index (χ2n) is 5.21. The predicted octanol–water partition coefficient (Wildman–Crippen LogP) is 1.14. The zero-order chi connectivity index (χ0) is 13.0. The molecule has 1 aromatic heterocycles. The van der Waals surface area contributed by atoms with Crippen molar-refractivity contribution in [2.24, 2.45) is 12.9 Å². The van der Waals surface area contributed by atoms with Crippen molar-refractivity contribution in [1.82, 2.24) is 15.0 Å². The molecule has 5 heteroatoms. The number of ether oxygens (including phenoxy) is 1. The first-order valence-electron chi connectivity index (χ1n) is 6.69. The molecule has 1 aromatic rings. The van der Waals surface area contributed by atoms with Gasteiger partial charge < -0.3 is 9.30 Å². The fraction of sp³-hybridized carbons (Fsp3) is 0.769. The van der Waals surface area contributed by atoms with Crippen molar-refractivity contribution in [3.63, 3.8) is 0 Å². The second-order valence-corrected chi connectivity index (χ2v) is 5.21. The van der Waals surface area contributed by atoms with Gasteiger partial charge in [-0.3, -0.25) is 11.3 Å². The maximum absolute atomic E-state index is 5.84. The molecule has 1 unspecified atom stereocenters. The van der Waals surface area contributed by atoms with Crippen LogP contribution in [-0.2, 0) is 18.2 Å². The number of hydrogen-bond donors (Lipinski definition) is 2. The number of rotatable bonds is 5. The lowest BCUT2D eigenvalue weighted by atomic mass is 9.78. The Kier molecular flexibility index (Phi) is 4.37. The minimum absolute atomic E-state index is 0.115. The molecule has 3 N–H and O–H groups in total. The Hall–Kier alpha value is -0.910. The van der Waals surface area contributed by atoms with Crippen LogP contribution in [0, 0.1) is 0 Å². The summed E-state index contributed by atoms with van der Waals surface area (Å²) in [7, 11) is 3.81. The number of nitrogens with one attached hydrogen (secondary N) is 1. The summed E-state index contributed by atoms with van der Waals surface area (Å²) >= 11 is 0. The van der Waals surface area contributed by atoms with Gasteiger partial charge in [0.2, 0.25) is 0 Å². The highest BCUT2D eigenvalue weighted by atomic mass is 16.5. The Bertz CT molecular complexity index is 371. The summed E-state index contributed by atoms with van der Waals surface area (Å²) < 4.78 is 7.88. The van der Waals surface area contributed by atoms with E-state index in [4.69, 9.17) is 10.6 Å². The number of aryl methyl sites for hydroxylation is 1. The first kappa shape index (κ1) is 13.5. The van der Waals surface area contributed by atoms with E-state index >= 15 is 0 Å². The second kappa shape index (κ2) is 5.82. The lowest BCUT2D eigenvalue weighted by Gasteiger charge is -2.42. The van der Waals surface area contributed by atoms with Crippen LogP contribution in [0.25, 0.3) is 0 Å². The third kappa shape index (κ3) is 2.58. The maximum atomic E-state index is 5.84. The van der Waals surface area contributed by atoms with Crippen molar-refractivity contribution in [1.29, 1.82) is 0 Å². The quantitative estimate of drug-likeness (QED) is 0.609. The van der Waals surface area contributed by atoms with Gasteiger partial charge in [0.1, 0.15) is 5.82 Å². The normalized spacial score (nSPS) is 20.8. The monoisotopic (exact) mass is 252 g/mol. The summed E-state index contributed by atoms with van der Waals surface area (Å²) in [6.45, 7) is 0. The molecule has 1 atom stereocenters. The van der Waals surface area contributed by atoms with Gasteiger partial charge in [-0.25, -0.2) is 4.98 Å². The van der Waals surface area contributed by atoms with Crippen LogP contribution < -0.4 is 11.3 Å². The van der Waals surface area contributed by atoms with Crippen LogP contribution in [0.15, 0.2) is 12.4 Å². The van der Waals surface area contributed by atoms with Crippen LogP contribution in [0.1, 0.15) is 37.9 Å². The van der Waals surface area contributed by atoms with E-state index in [1.54, 1.807) is 7.11 Å². The molecule has 18 heavy (non-hydrogen) atoms. The SMILES string of the molecule is COC1(C(Cc2nccn2C)NN)CCCCC1. The fourth-order valence-corrected chi connectivity index (χ4v) is 3.02. The van der Waals surface area contributed by atoms with Gasteiger partial charge in [0.25, 0.3) is 0 Å². The van der Waals surface area contributed by atoms with Gasteiger partial charge in [-0.1, -0.05) is 19.3 Å². The Morgan fingerprint density at radius 3 is 2.72 bits per heavy atom. The number of hydrazine groups is 1. The third-order valence-electron chi connectivity index (χ3n) is 4.25. The molecule has 102 valence electrons. The highest BCUT2D eigenvalue weighted by Crippen LogP contribution is 2.34. The number of nitrogens with zero attached hydrogens (tertiary/aromatic N) is 2. The Balaban J connectivity index is 2.13. The first-order chi connectivity index (χ1) is 8.72. The highest BCUT2D eigenvalue weighted by Gasteiger charge is 2.40. The molecule has 0 bridgehead atoms. The zero-order valence-corrected chi connectivity index (χ0v) is 11.4. The molecule has 0 amide bonds. The Morgan fingerprint density at radius 1 is 1.50 bits per heavy atom. The van der Waals surface area contributed by atoms with E-state index < -0.39 is 0 Å². The van der Waals surface area contributed by atoms with Gasteiger partial charge >= 0.3 is 0 Å². The molecule has 0 aliphatic heterocycles. The van der Waals surface area contributed by atoms with Gasteiger partial charge in [0, 0.05) is 33.0 Å². The molecule has 5 nitrogen and oxygen atoms in total. The van der Waals surface area contributed by atoms with E-state index in [2.05, 4.69) is 10.4 Å². The van der Waals surface area contributed by atoms with Crippen LogP contribution in [0.5, 0.6) is 0 Å². The summed E-state index contributed by atoms with van der Waals surface area (Å²) in [6, 6.07) is 0.115. The number of aromatic nitrogens is 2. The third-order valence-corrected chi connectivity index (χ3v) is 4.25. The van der Waals surface area contributed by atoms with Crippen molar-refractivity contribution in [2.75, 3.05) is 7.11 Å². The molecule has 1 aliphatic carbocycles. The van der Waals surface area contributed by atoms with Crippen molar-refractivity contribution >= 4 is 0 Å². The van der Waals surface area contributed by atoms with Crippen LogP contribution in [0.2, 0.25) is 0 Å². The van der Waals surface area contributed by atoms with Gasteiger partial charge in [-0.2, -0.15) is 0 Å². The van der Waals surface area contributed by atoms with E-state index in [9.17, 15) is 0 Å². The van der Waals surface area contributed by atoms with Crippen LogP contribution >= 0.6 is 0 Å². The summed E-state index contributed by atoms with van der Waals surface area (Å²) in [6.07, 6.45) is 10.5. The largest absolute Gasteiger partial charge is 0.377 e. The molecular weight excluding hydrogens is 228 g/mol. The molecule has 1 saturated carbocycles. The first-order valence-corrected chi connectivity index (χ1v) is 6.69. The highest BCUT2D eigenvalue weighted by molar-refractivity contribution is 5.02. The standard InChI is InChI=1S/C13H24N4O/c1-17-9-8-15-12(17)10-11(16-14)13(18-2)6-4-3-5-7-13/h8-9,11,16H,3-7,10,14H2,1-2H3. The predicted molar refractivity (Wildman–Crippen MR) is 70.8 cm³/mol. The lowest BCUT2D eigenvalue weighted by Crippen LogP contribution is -2.56. The average Bonchev–Trinajstić information content (AvgIpc) is 2.82. The minimum Gasteiger partial charge on any atom is -0.377 e. The van der Waals surface area contributed by atoms with E-state index in [0.29, 0.717) is 0 Å². The molecule has 2 rings (SSSR count). The van der Waals surface area contributed by atoms with Gasteiger partial charge in [-0.05, 0) is 12.8 Å². The Labute approximate surface area is 109 Å². The van der Waals surface area contributed by atoms with Crippen molar-refractivity contribution in [3.8, 4) is 0 Å². The number of hydrogen-bond acceptors (Lipinski definition) is 4. The summed E-state index contributed by atoms with van der Waals surface area (Å²) in [4.78, 5) is 4.38. The fourth-order valence-electron chi connectivity index (χ4n) is 3.02. The number of imidazole rings is 1. The summed E-state index contributed by atoms with van der Waals surface area (Å²) in [5.41, 5.74) is 2.81. The topological polar surface area (TPSA) is 65.1 Å². The molecule has 0 aromatic carbocycles. The van der Waals surface area contributed by atoms with Crippen LogP contribution in [0.4, 0.5) is 0 Å². The van der Waals surface area contributed by atoms with Crippen LogP contribution in [-0.4, -0.2) is 28.3 Å². The maximum Gasteiger partial charge on any atom is 0.110 e. The summed E-state index contributed by atoms with van der Waals surface area (Å²) in [5.74, 6) is 6.81. The molecule has 1 heterocycles. The van der Waals surface area contributed by atoms with Crippen molar-refractivity contribution in [2.45, 2.75) is 50.2 Å². The van der Waals surface area contributed by atoms with Crippen molar-refractivity contribution in [3.05, 3.63) is 18.2 Å². The molecular formula is C13H24N4O. The van der Waals surface area contributed by atoms with Crippen molar-refractivity contribution < 1.29 is 4.74 Å². The van der Waals surface area contributed by atoms with E-state index in [1.165, 1.54) is 19.3 Å². The summed E-state index contributed by atoms with van der Waals surface area (Å²) in [5, 5.41) is 0. The van der Waals surface area contributed by atoms with E-state index in [1.807, 2.05) is 24.0 Å². The molecule has 0 radical (unpaired) electrons. The molecule has 1 fully saturated rings. The van der Waals surface area contributed by atoms with Crippen LogP contribution in [0.3, 0.4) is 0 Å². The van der Waals surface area contributed by atoms with E-state index in [-0.39, 0.29) is 11.6 Å². The van der Waals surface area contributed by atoms with Gasteiger partial charge in [0.05, 0.1) is 11.6 Å². The molecule has 0 saturated heterocycles. The average molecular weight is 252 g/mol. The minimum atomic E-state index is -0.140. The lowest BCUT2D eigenvalue weighted by molar-refractivity contribution is -0.0678. The van der Waals surface area contributed by atoms with E-state index in [0.717, 1.165) is 25.1 Å². The molecule has 0 spiro atoms.